The van der Waals surface area contributed by atoms with Crippen LogP contribution in [0.15, 0.2) is 0 Å². The monoisotopic (exact) mass is 226 g/mol. The molecule has 0 radical (unpaired) electrons. The van der Waals surface area contributed by atoms with Gasteiger partial charge in [-0.1, -0.05) is 47.0 Å². The highest BCUT2D eigenvalue weighted by Crippen LogP contribution is 2.46. The maximum Gasteiger partial charge on any atom is 0.0540 e. The van der Waals surface area contributed by atoms with Crippen LogP contribution in [0.2, 0.25) is 0 Å². The summed E-state index contributed by atoms with van der Waals surface area (Å²) >= 11 is 0. The van der Waals surface area contributed by atoms with E-state index >= 15 is 0 Å². The Kier molecular flexibility index (Phi) is 5.30. The van der Waals surface area contributed by atoms with Crippen molar-refractivity contribution in [2.24, 2.45) is 17.3 Å². The van der Waals surface area contributed by atoms with Gasteiger partial charge in [-0.2, -0.15) is 0 Å². The second-order valence-corrected chi connectivity index (χ2v) is 6.48. The summed E-state index contributed by atoms with van der Waals surface area (Å²) in [5, 5.41) is 9.84. The van der Waals surface area contributed by atoms with Crippen molar-refractivity contribution in [1.82, 2.24) is 0 Å². The predicted octanol–water partition coefficient (Wildman–Crippen LogP) is 4.39. The smallest absolute Gasteiger partial charge is 0.0540 e. The average molecular weight is 226 g/mol. The summed E-state index contributed by atoms with van der Waals surface area (Å²) in [5.74, 6) is 1.66. The standard InChI is InChI=1S/C15H30O/c1-5-7-13(16)9-10-14-12(2)8-6-11-15(14,3)4/h12-14,16H,5-11H2,1-4H3/t12-,13?,14-/m1/s1. The van der Waals surface area contributed by atoms with E-state index in [1.807, 2.05) is 0 Å². The fraction of sp³-hybridized carbons (Fsp3) is 1.00. The van der Waals surface area contributed by atoms with E-state index in [9.17, 15) is 5.11 Å². The first kappa shape index (κ1) is 14.0. The topological polar surface area (TPSA) is 20.2 Å². The van der Waals surface area contributed by atoms with Crippen molar-refractivity contribution in [3.05, 3.63) is 0 Å². The average Bonchev–Trinajstić information content (AvgIpc) is 2.16. The van der Waals surface area contributed by atoms with Crippen molar-refractivity contribution in [2.45, 2.75) is 78.7 Å². The summed E-state index contributed by atoms with van der Waals surface area (Å²) in [6.45, 7) is 9.38. The number of aliphatic hydroxyl groups is 1. The zero-order valence-electron chi connectivity index (χ0n) is 11.6. The molecule has 1 N–H and O–H groups in total. The molecule has 0 aliphatic heterocycles. The van der Waals surface area contributed by atoms with Crippen LogP contribution in [0.3, 0.4) is 0 Å². The van der Waals surface area contributed by atoms with Crippen LogP contribution in [0, 0.1) is 17.3 Å². The molecule has 0 aromatic carbocycles. The van der Waals surface area contributed by atoms with Crippen LogP contribution >= 0.6 is 0 Å². The van der Waals surface area contributed by atoms with Crippen molar-refractivity contribution < 1.29 is 5.11 Å². The first-order valence-corrected chi connectivity index (χ1v) is 7.15. The van der Waals surface area contributed by atoms with E-state index in [4.69, 9.17) is 0 Å². The van der Waals surface area contributed by atoms with Gasteiger partial charge in [0.25, 0.3) is 0 Å². The SMILES string of the molecule is CCCC(O)CC[C@@H]1[C@H](C)CCCC1(C)C. The fourth-order valence-electron chi connectivity index (χ4n) is 3.56. The zero-order valence-corrected chi connectivity index (χ0v) is 11.6. The fourth-order valence-corrected chi connectivity index (χ4v) is 3.56. The summed E-state index contributed by atoms with van der Waals surface area (Å²) in [7, 11) is 0. The van der Waals surface area contributed by atoms with Gasteiger partial charge in [0.15, 0.2) is 0 Å². The number of rotatable bonds is 5. The lowest BCUT2D eigenvalue weighted by Gasteiger charge is -2.43. The Labute approximate surface area is 102 Å². The van der Waals surface area contributed by atoms with E-state index < -0.39 is 0 Å². The van der Waals surface area contributed by atoms with E-state index in [2.05, 4.69) is 27.7 Å². The van der Waals surface area contributed by atoms with Crippen LogP contribution in [-0.4, -0.2) is 11.2 Å². The number of hydrogen-bond acceptors (Lipinski definition) is 1. The molecule has 0 aromatic heterocycles. The van der Waals surface area contributed by atoms with Gasteiger partial charge in [0, 0.05) is 0 Å². The Morgan fingerprint density at radius 1 is 1.31 bits per heavy atom. The molecular weight excluding hydrogens is 196 g/mol. The maximum atomic E-state index is 9.84. The third-order valence-corrected chi connectivity index (χ3v) is 4.60. The van der Waals surface area contributed by atoms with E-state index in [0.717, 1.165) is 31.1 Å². The van der Waals surface area contributed by atoms with Crippen molar-refractivity contribution in [2.75, 3.05) is 0 Å². The molecule has 1 rings (SSSR count). The van der Waals surface area contributed by atoms with E-state index in [1.165, 1.54) is 25.7 Å². The number of aliphatic hydroxyl groups excluding tert-OH is 1. The summed E-state index contributed by atoms with van der Waals surface area (Å²) in [6.07, 6.45) is 8.38. The van der Waals surface area contributed by atoms with Gasteiger partial charge in [-0.05, 0) is 42.9 Å². The molecule has 0 saturated heterocycles. The molecule has 96 valence electrons. The highest BCUT2D eigenvalue weighted by atomic mass is 16.3. The molecule has 1 aliphatic carbocycles. The second kappa shape index (κ2) is 6.05. The predicted molar refractivity (Wildman–Crippen MR) is 70.4 cm³/mol. The molecule has 0 amide bonds. The second-order valence-electron chi connectivity index (χ2n) is 6.48. The Morgan fingerprint density at radius 3 is 2.56 bits per heavy atom. The summed E-state index contributed by atoms with van der Waals surface area (Å²) in [5.41, 5.74) is 0.490. The minimum absolute atomic E-state index is 0.0603. The van der Waals surface area contributed by atoms with Gasteiger partial charge < -0.3 is 5.11 Å². The van der Waals surface area contributed by atoms with Crippen LogP contribution in [-0.2, 0) is 0 Å². The molecule has 1 unspecified atom stereocenters. The van der Waals surface area contributed by atoms with Gasteiger partial charge in [-0.25, -0.2) is 0 Å². The Morgan fingerprint density at radius 2 is 2.00 bits per heavy atom. The largest absolute Gasteiger partial charge is 0.393 e. The van der Waals surface area contributed by atoms with Crippen molar-refractivity contribution in [1.29, 1.82) is 0 Å². The first-order valence-electron chi connectivity index (χ1n) is 7.15. The van der Waals surface area contributed by atoms with Crippen molar-refractivity contribution >= 4 is 0 Å². The lowest BCUT2D eigenvalue weighted by Crippen LogP contribution is -2.34. The molecule has 0 spiro atoms. The third kappa shape index (κ3) is 3.76. The van der Waals surface area contributed by atoms with Gasteiger partial charge in [0.2, 0.25) is 0 Å². The Hall–Kier alpha value is -0.0400. The van der Waals surface area contributed by atoms with E-state index in [1.54, 1.807) is 0 Å². The van der Waals surface area contributed by atoms with Gasteiger partial charge in [-0.3, -0.25) is 0 Å². The summed E-state index contributed by atoms with van der Waals surface area (Å²) in [4.78, 5) is 0. The molecule has 3 atom stereocenters. The van der Waals surface area contributed by atoms with Crippen LogP contribution < -0.4 is 0 Å². The van der Waals surface area contributed by atoms with Gasteiger partial charge in [0.05, 0.1) is 6.10 Å². The van der Waals surface area contributed by atoms with Gasteiger partial charge in [0.1, 0.15) is 0 Å². The Bertz CT molecular complexity index is 198. The molecule has 16 heavy (non-hydrogen) atoms. The summed E-state index contributed by atoms with van der Waals surface area (Å²) in [6, 6.07) is 0. The quantitative estimate of drug-likeness (QED) is 0.737. The minimum Gasteiger partial charge on any atom is -0.393 e. The molecular formula is C15H30O. The number of hydrogen-bond donors (Lipinski definition) is 1. The minimum atomic E-state index is -0.0603. The van der Waals surface area contributed by atoms with Crippen LogP contribution in [0.1, 0.15) is 72.6 Å². The van der Waals surface area contributed by atoms with Crippen molar-refractivity contribution in [3.63, 3.8) is 0 Å². The van der Waals surface area contributed by atoms with E-state index in [-0.39, 0.29) is 6.10 Å². The molecule has 1 heteroatoms. The highest BCUT2D eigenvalue weighted by Gasteiger charge is 2.36. The Balaban J connectivity index is 2.43. The normalized spacial score (nSPS) is 31.3. The van der Waals surface area contributed by atoms with Crippen LogP contribution in [0.25, 0.3) is 0 Å². The maximum absolute atomic E-state index is 9.84. The summed E-state index contributed by atoms with van der Waals surface area (Å²) < 4.78 is 0. The molecule has 0 heterocycles. The molecule has 0 aromatic rings. The van der Waals surface area contributed by atoms with Gasteiger partial charge in [-0.15, -0.1) is 0 Å². The molecule has 1 aliphatic rings. The van der Waals surface area contributed by atoms with Crippen LogP contribution in [0.5, 0.6) is 0 Å². The highest BCUT2D eigenvalue weighted by molar-refractivity contribution is 4.86. The first-order chi connectivity index (χ1) is 7.47. The molecule has 1 fully saturated rings. The van der Waals surface area contributed by atoms with Crippen LogP contribution in [0.4, 0.5) is 0 Å². The third-order valence-electron chi connectivity index (χ3n) is 4.60. The van der Waals surface area contributed by atoms with Gasteiger partial charge >= 0.3 is 0 Å². The van der Waals surface area contributed by atoms with E-state index in [0.29, 0.717) is 5.41 Å². The van der Waals surface area contributed by atoms with Crippen molar-refractivity contribution in [3.8, 4) is 0 Å². The zero-order chi connectivity index (χ0) is 12.2. The lowest BCUT2D eigenvalue weighted by atomic mass is 9.62. The molecule has 0 bridgehead atoms. The molecule has 1 saturated carbocycles. The molecule has 1 nitrogen and oxygen atoms in total. The lowest BCUT2D eigenvalue weighted by molar-refractivity contribution is 0.0560.